The van der Waals surface area contributed by atoms with E-state index in [0.717, 1.165) is 5.56 Å². The van der Waals surface area contributed by atoms with Gasteiger partial charge in [0.15, 0.2) is 0 Å². The number of nitrogens with one attached hydrogen (secondary N) is 1. The van der Waals surface area contributed by atoms with Crippen LogP contribution in [-0.4, -0.2) is 23.5 Å². The standard InChI is InChI=1S/C14H21NO2/c1-3-13(16)9-10-15-11(2)14(17)12-7-5-4-6-8-12/h4-8,11,14-15,17H,3,9-10H2,1-2H3. The number of aliphatic hydroxyl groups excluding tert-OH is 1. The van der Waals surface area contributed by atoms with E-state index in [0.29, 0.717) is 19.4 Å². The van der Waals surface area contributed by atoms with Crippen molar-refractivity contribution in [1.82, 2.24) is 5.32 Å². The molecule has 0 aromatic heterocycles. The smallest absolute Gasteiger partial charge is 0.133 e. The van der Waals surface area contributed by atoms with E-state index in [9.17, 15) is 9.90 Å². The van der Waals surface area contributed by atoms with Crippen molar-refractivity contribution in [3.05, 3.63) is 35.9 Å². The zero-order valence-electron chi connectivity index (χ0n) is 10.5. The van der Waals surface area contributed by atoms with E-state index in [1.165, 1.54) is 0 Å². The molecule has 2 N–H and O–H groups in total. The minimum atomic E-state index is -0.534. The molecule has 2 atom stereocenters. The van der Waals surface area contributed by atoms with Gasteiger partial charge in [0.1, 0.15) is 5.78 Å². The van der Waals surface area contributed by atoms with Gasteiger partial charge in [0.05, 0.1) is 6.10 Å². The molecule has 17 heavy (non-hydrogen) atoms. The van der Waals surface area contributed by atoms with Crippen molar-refractivity contribution in [2.45, 2.75) is 38.8 Å². The van der Waals surface area contributed by atoms with Crippen LogP contribution in [0.1, 0.15) is 38.4 Å². The lowest BCUT2D eigenvalue weighted by Crippen LogP contribution is -2.33. The van der Waals surface area contributed by atoms with Crippen molar-refractivity contribution in [3.63, 3.8) is 0 Å². The molecule has 1 aromatic carbocycles. The van der Waals surface area contributed by atoms with Gasteiger partial charge in [-0.05, 0) is 12.5 Å². The molecular formula is C14H21NO2. The molecular weight excluding hydrogens is 214 g/mol. The second kappa shape index (κ2) is 7.20. The Kier molecular flexibility index (Phi) is 5.87. The highest BCUT2D eigenvalue weighted by Gasteiger charge is 2.15. The third-order valence-corrected chi connectivity index (χ3v) is 2.88. The predicted molar refractivity (Wildman–Crippen MR) is 68.8 cm³/mol. The summed E-state index contributed by atoms with van der Waals surface area (Å²) in [5.41, 5.74) is 0.898. The summed E-state index contributed by atoms with van der Waals surface area (Å²) >= 11 is 0. The van der Waals surface area contributed by atoms with Crippen molar-refractivity contribution < 1.29 is 9.90 Å². The molecule has 1 rings (SSSR count). The molecule has 0 aliphatic carbocycles. The van der Waals surface area contributed by atoms with Crippen LogP contribution in [0.25, 0.3) is 0 Å². The van der Waals surface area contributed by atoms with Gasteiger partial charge in [-0.25, -0.2) is 0 Å². The third-order valence-electron chi connectivity index (χ3n) is 2.88. The molecule has 0 heterocycles. The van der Waals surface area contributed by atoms with Gasteiger partial charge in [0.2, 0.25) is 0 Å². The number of rotatable bonds is 7. The molecule has 0 bridgehead atoms. The van der Waals surface area contributed by atoms with Crippen LogP contribution in [0.2, 0.25) is 0 Å². The van der Waals surface area contributed by atoms with E-state index < -0.39 is 6.10 Å². The molecule has 3 nitrogen and oxygen atoms in total. The number of benzene rings is 1. The summed E-state index contributed by atoms with van der Waals surface area (Å²) in [6, 6.07) is 9.49. The first kappa shape index (κ1) is 13.9. The van der Waals surface area contributed by atoms with Gasteiger partial charge in [-0.15, -0.1) is 0 Å². The Bertz CT molecular complexity index is 337. The van der Waals surface area contributed by atoms with Crippen LogP contribution < -0.4 is 5.32 Å². The Morgan fingerprint density at radius 2 is 2.00 bits per heavy atom. The number of carbonyl (C=O) groups is 1. The van der Waals surface area contributed by atoms with Gasteiger partial charge in [0.25, 0.3) is 0 Å². The number of ketones is 1. The van der Waals surface area contributed by atoms with Gasteiger partial charge < -0.3 is 10.4 Å². The first-order chi connectivity index (χ1) is 8.15. The molecule has 0 amide bonds. The summed E-state index contributed by atoms with van der Waals surface area (Å²) in [5, 5.41) is 13.2. The topological polar surface area (TPSA) is 49.3 Å². The molecule has 0 aliphatic rings. The molecule has 94 valence electrons. The first-order valence-electron chi connectivity index (χ1n) is 6.13. The van der Waals surface area contributed by atoms with Crippen molar-refractivity contribution in [2.24, 2.45) is 0 Å². The van der Waals surface area contributed by atoms with Crippen molar-refractivity contribution >= 4 is 5.78 Å². The Balaban J connectivity index is 2.37. The fourth-order valence-electron chi connectivity index (χ4n) is 1.67. The summed E-state index contributed by atoms with van der Waals surface area (Å²) in [6.45, 7) is 4.41. The van der Waals surface area contributed by atoms with Crippen molar-refractivity contribution in [3.8, 4) is 0 Å². The van der Waals surface area contributed by atoms with Gasteiger partial charge in [0, 0.05) is 25.4 Å². The predicted octanol–water partition coefficient (Wildman–Crippen LogP) is 2.07. The summed E-state index contributed by atoms with van der Waals surface area (Å²) in [6.07, 6.45) is 0.576. The van der Waals surface area contributed by atoms with E-state index >= 15 is 0 Å². The van der Waals surface area contributed by atoms with E-state index in [4.69, 9.17) is 0 Å². The van der Waals surface area contributed by atoms with Crippen LogP contribution in [0.15, 0.2) is 30.3 Å². The number of hydrogen-bond acceptors (Lipinski definition) is 3. The Hall–Kier alpha value is -1.19. The Labute approximate surface area is 103 Å². The van der Waals surface area contributed by atoms with E-state index in [2.05, 4.69) is 5.32 Å². The molecule has 0 saturated carbocycles. The summed E-state index contributed by atoms with van der Waals surface area (Å²) in [5.74, 6) is 0.249. The molecule has 0 spiro atoms. The molecule has 2 unspecified atom stereocenters. The largest absolute Gasteiger partial charge is 0.387 e. The summed E-state index contributed by atoms with van der Waals surface area (Å²) in [7, 11) is 0. The highest BCUT2D eigenvalue weighted by atomic mass is 16.3. The average Bonchev–Trinajstić information content (AvgIpc) is 2.38. The highest BCUT2D eigenvalue weighted by Crippen LogP contribution is 2.15. The quantitative estimate of drug-likeness (QED) is 0.760. The first-order valence-corrected chi connectivity index (χ1v) is 6.13. The zero-order valence-corrected chi connectivity index (χ0v) is 10.5. The van der Waals surface area contributed by atoms with Crippen molar-refractivity contribution in [1.29, 1.82) is 0 Å². The Morgan fingerprint density at radius 3 is 2.59 bits per heavy atom. The summed E-state index contributed by atoms with van der Waals surface area (Å²) < 4.78 is 0. The second-order valence-electron chi connectivity index (χ2n) is 4.24. The second-order valence-corrected chi connectivity index (χ2v) is 4.24. The van der Waals surface area contributed by atoms with E-state index in [1.54, 1.807) is 0 Å². The fraction of sp³-hybridized carbons (Fsp3) is 0.500. The minimum absolute atomic E-state index is 0.0537. The third kappa shape index (κ3) is 4.67. The van der Waals surface area contributed by atoms with E-state index in [-0.39, 0.29) is 11.8 Å². The molecule has 1 aromatic rings. The van der Waals surface area contributed by atoms with Crippen LogP contribution in [0, 0.1) is 0 Å². The normalized spacial score (nSPS) is 14.3. The van der Waals surface area contributed by atoms with Gasteiger partial charge in [-0.1, -0.05) is 37.3 Å². The number of hydrogen-bond donors (Lipinski definition) is 2. The molecule has 0 fully saturated rings. The summed E-state index contributed by atoms with van der Waals surface area (Å²) in [4.78, 5) is 11.1. The minimum Gasteiger partial charge on any atom is -0.387 e. The van der Waals surface area contributed by atoms with Crippen LogP contribution in [-0.2, 0) is 4.79 Å². The lowest BCUT2D eigenvalue weighted by molar-refractivity contribution is -0.118. The molecule has 0 aliphatic heterocycles. The monoisotopic (exact) mass is 235 g/mol. The SMILES string of the molecule is CCC(=O)CCNC(C)C(O)c1ccccc1. The zero-order chi connectivity index (χ0) is 12.7. The van der Waals surface area contributed by atoms with Gasteiger partial charge >= 0.3 is 0 Å². The lowest BCUT2D eigenvalue weighted by atomic mass is 10.0. The maximum absolute atomic E-state index is 11.1. The highest BCUT2D eigenvalue weighted by molar-refractivity contribution is 5.78. The molecule has 0 radical (unpaired) electrons. The maximum atomic E-state index is 11.1. The van der Waals surface area contributed by atoms with Crippen LogP contribution in [0.3, 0.4) is 0 Å². The number of aliphatic hydroxyl groups is 1. The maximum Gasteiger partial charge on any atom is 0.133 e. The van der Waals surface area contributed by atoms with Gasteiger partial charge in [-0.3, -0.25) is 4.79 Å². The Morgan fingerprint density at radius 1 is 1.35 bits per heavy atom. The van der Waals surface area contributed by atoms with Crippen LogP contribution in [0.4, 0.5) is 0 Å². The van der Waals surface area contributed by atoms with E-state index in [1.807, 2.05) is 44.2 Å². The van der Waals surface area contributed by atoms with Crippen LogP contribution >= 0.6 is 0 Å². The number of Topliss-reactive ketones (excluding diaryl/α,β-unsaturated/α-hetero) is 1. The molecule has 0 saturated heterocycles. The average molecular weight is 235 g/mol. The number of carbonyl (C=O) groups excluding carboxylic acids is 1. The van der Waals surface area contributed by atoms with Crippen LogP contribution in [0.5, 0.6) is 0 Å². The van der Waals surface area contributed by atoms with Gasteiger partial charge in [-0.2, -0.15) is 0 Å². The molecule has 3 heteroatoms. The van der Waals surface area contributed by atoms with Crippen molar-refractivity contribution in [2.75, 3.05) is 6.54 Å². The fourth-order valence-corrected chi connectivity index (χ4v) is 1.67. The lowest BCUT2D eigenvalue weighted by Gasteiger charge is -2.20.